The van der Waals surface area contributed by atoms with E-state index in [1.54, 1.807) is 24.3 Å². The second-order valence-corrected chi connectivity index (χ2v) is 6.07. The SMILES string of the molecule is O=C([O-])c1ccc(SSc2ccc(C(=O)[O-])cc2)cc1.[Cu+].[Cu+]. The van der Waals surface area contributed by atoms with E-state index in [2.05, 4.69) is 0 Å². The molecule has 0 aliphatic carbocycles. The summed E-state index contributed by atoms with van der Waals surface area (Å²) < 4.78 is 0. The number of hydrogen-bond donors (Lipinski definition) is 0. The third kappa shape index (κ3) is 6.08. The van der Waals surface area contributed by atoms with Gasteiger partial charge in [0.15, 0.2) is 0 Å². The van der Waals surface area contributed by atoms with Gasteiger partial charge in [-0.15, -0.1) is 0 Å². The van der Waals surface area contributed by atoms with Crippen molar-refractivity contribution in [2.24, 2.45) is 0 Å². The third-order valence-electron chi connectivity index (χ3n) is 2.41. The van der Waals surface area contributed by atoms with E-state index in [0.717, 1.165) is 9.79 Å². The summed E-state index contributed by atoms with van der Waals surface area (Å²) in [4.78, 5) is 23.0. The Morgan fingerprint density at radius 1 is 0.636 bits per heavy atom. The van der Waals surface area contributed by atoms with Gasteiger partial charge in [0.1, 0.15) is 0 Å². The second kappa shape index (κ2) is 10.00. The van der Waals surface area contributed by atoms with Gasteiger partial charge >= 0.3 is 34.1 Å². The molecule has 4 nitrogen and oxygen atoms in total. The number of carbonyl (C=O) groups is 2. The third-order valence-corrected chi connectivity index (χ3v) is 4.83. The summed E-state index contributed by atoms with van der Waals surface area (Å²) in [5.74, 6) is -2.40. The van der Waals surface area contributed by atoms with Crippen LogP contribution in [-0.4, -0.2) is 11.9 Å². The molecule has 0 atom stereocenters. The first-order valence-electron chi connectivity index (χ1n) is 5.53. The van der Waals surface area contributed by atoms with Crippen LogP contribution in [0.3, 0.4) is 0 Å². The van der Waals surface area contributed by atoms with E-state index < -0.39 is 11.9 Å². The summed E-state index contributed by atoms with van der Waals surface area (Å²) in [7, 11) is 2.90. The fourth-order valence-electron chi connectivity index (χ4n) is 1.39. The van der Waals surface area contributed by atoms with Gasteiger partial charge in [-0.3, -0.25) is 0 Å². The van der Waals surface area contributed by atoms with Crippen molar-refractivity contribution in [2.75, 3.05) is 0 Å². The molecule has 0 aliphatic rings. The minimum Gasteiger partial charge on any atom is -0.545 e. The Morgan fingerprint density at radius 3 is 1.14 bits per heavy atom. The Bertz CT molecular complexity index is 573. The maximum atomic E-state index is 10.6. The van der Waals surface area contributed by atoms with Gasteiger partial charge in [-0.05, 0) is 35.4 Å². The Labute approximate surface area is 156 Å². The first-order valence-corrected chi connectivity index (χ1v) is 7.68. The number of carboxylic acids is 2. The molecule has 0 radical (unpaired) electrons. The van der Waals surface area contributed by atoms with Gasteiger partial charge in [0, 0.05) is 9.79 Å². The van der Waals surface area contributed by atoms with Crippen molar-refractivity contribution in [1.82, 2.24) is 0 Å². The van der Waals surface area contributed by atoms with Crippen molar-refractivity contribution >= 4 is 33.5 Å². The number of benzene rings is 2. The second-order valence-electron chi connectivity index (χ2n) is 3.79. The molecule has 0 saturated heterocycles. The minimum atomic E-state index is -1.20. The number of rotatable bonds is 5. The molecular formula is C14H8Cu2O4S2. The minimum absolute atomic E-state index is 0. The first kappa shape index (κ1) is 21.1. The van der Waals surface area contributed by atoms with Gasteiger partial charge in [0.2, 0.25) is 0 Å². The molecule has 0 spiro atoms. The van der Waals surface area contributed by atoms with E-state index in [9.17, 15) is 19.8 Å². The van der Waals surface area contributed by atoms with Gasteiger partial charge in [0.05, 0.1) is 11.9 Å². The summed E-state index contributed by atoms with van der Waals surface area (Å²) in [5, 5.41) is 21.2. The van der Waals surface area contributed by atoms with Crippen molar-refractivity contribution in [3.05, 3.63) is 59.7 Å². The molecule has 0 saturated carbocycles. The molecule has 8 heteroatoms. The summed E-state index contributed by atoms with van der Waals surface area (Å²) in [5.41, 5.74) is 0.273. The molecule has 0 unspecified atom stereocenters. The molecule has 2 aromatic carbocycles. The van der Waals surface area contributed by atoms with Gasteiger partial charge in [-0.25, -0.2) is 0 Å². The van der Waals surface area contributed by atoms with Crippen molar-refractivity contribution < 1.29 is 53.9 Å². The zero-order valence-corrected chi connectivity index (χ0v) is 14.2. The van der Waals surface area contributed by atoms with Crippen molar-refractivity contribution in [2.45, 2.75) is 9.79 Å². The van der Waals surface area contributed by atoms with Crippen LogP contribution in [0.4, 0.5) is 0 Å². The molecule has 2 aromatic rings. The van der Waals surface area contributed by atoms with Crippen LogP contribution in [0.2, 0.25) is 0 Å². The van der Waals surface area contributed by atoms with Crippen LogP contribution in [0.5, 0.6) is 0 Å². The quantitative estimate of drug-likeness (QED) is 0.523. The fraction of sp³-hybridized carbons (Fsp3) is 0. The Balaban J connectivity index is 0.00000220. The summed E-state index contributed by atoms with van der Waals surface area (Å²) in [6.07, 6.45) is 0. The van der Waals surface area contributed by atoms with Crippen LogP contribution in [-0.2, 0) is 34.1 Å². The van der Waals surface area contributed by atoms with E-state index in [0.29, 0.717) is 0 Å². The predicted molar refractivity (Wildman–Crippen MR) is 73.3 cm³/mol. The summed E-state index contributed by atoms with van der Waals surface area (Å²) >= 11 is 0. The molecule has 122 valence electrons. The number of hydrogen-bond acceptors (Lipinski definition) is 6. The zero-order chi connectivity index (χ0) is 14.5. The largest absolute Gasteiger partial charge is 1.00 e. The fourth-order valence-corrected chi connectivity index (χ4v) is 3.32. The molecule has 0 bridgehead atoms. The van der Waals surface area contributed by atoms with E-state index in [-0.39, 0.29) is 45.3 Å². The molecule has 2 rings (SSSR count). The van der Waals surface area contributed by atoms with Crippen LogP contribution in [0.15, 0.2) is 58.3 Å². The van der Waals surface area contributed by atoms with Crippen molar-refractivity contribution in [1.29, 1.82) is 0 Å². The topological polar surface area (TPSA) is 80.3 Å². The molecule has 0 aromatic heterocycles. The van der Waals surface area contributed by atoms with Crippen LogP contribution >= 0.6 is 21.6 Å². The van der Waals surface area contributed by atoms with Crippen molar-refractivity contribution in [3.8, 4) is 0 Å². The van der Waals surface area contributed by atoms with Gasteiger partial charge in [0.25, 0.3) is 0 Å². The normalized spacial score (nSPS) is 9.27. The molecule has 0 heterocycles. The van der Waals surface area contributed by atoms with Crippen molar-refractivity contribution in [3.63, 3.8) is 0 Å². The Morgan fingerprint density at radius 2 is 0.909 bits per heavy atom. The molecule has 0 N–H and O–H groups in total. The number of carboxylic acid groups (broad SMARTS) is 2. The zero-order valence-electron chi connectivity index (χ0n) is 10.7. The van der Waals surface area contributed by atoms with Gasteiger partial charge in [-0.2, -0.15) is 0 Å². The first-order chi connectivity index (χ1) is 9.56. The van der Waals surface area contributed by atoms with Crippen LogP contribution in [0, 0.1) is 0 Å². The standard InChI is InChI=1S/C14H10O4S2.2Cu/c15-13(16)9-1-5-11(6-2-9)19-20-12-7-3-10(4-8-12)14(17)18;;/h1-8H,(H,15,16)(H,17,18);;/q;2*+1/p-2. The Kier molecular flexibility index (Phi) is 9.60. The van der Waals surface area contributed by atoms with Gasteiger partial charge < -0.3 is 19.8 Å². The maximum absolute atomic E-state index is 10.6. The van der Waals surface area contributed by atoms with Crippen LogP contribution in [0.25, 0.3) is 0 Å². The maximum Gasteiger partial charge on any atom is 1.00 e. The number of carbonyl (C=O) groups excluding carboxylic acids is 2. The monoisotopic (exact) mass is 430 g/mol. The predicted octanol–water partition coefficient (Wildman–Crippen LogP) is 1.21. The average Bonchev–Trinajstić information content (AvgIpc) is 2.46. The van der Waals surface area contributed by atoms with Crippen LogP contribution in [0.1, 0.15) is 20.7 Å². The summed E-state index contributed by atoms with van der Waals surface area (Å²) in [6.45, 7) is 0. The molecule has 0 aliphatic heterocycles. The smallest absolute Gasteiger partial charge is 0.545 e. The molecule has 22 heavy (non-hydrogen) atoms. The Hall–Kier alpha value is -0.881. The van der Waals surface area contributed by atoms with Crippen LogP contribution < -0.4 is 10.2 Å². The summed E-state index contributed by atoms with van der Waals surface area (Å²) in [6, 6.07) is 12.7. The molecule has 0 amide bonds. The average molecular weight is 431 g/mol. The molecular weight excluding hydrogens is 423 g/mol. The van der Waals surface area contributed by atoms with E-state index in [4.69, 9.17) is 0 Å². The van der Waals surface area contributed by atoms with E-state index >= 15 is 0 Å². The van der Waals surface area contributed by atoms with E-state index in [1.807, 2.05) is 0 Å². The van der Waals surface area contributed by atoms with E-state index in [1.165, 1.54) is 45.9 Å². The molecule has 0 fully saturated rings. The number of aromatic carboxylic acids is 2. The van der Waals surface area contributed by atoms with Gasteiger partial charge in [-0.1, -0.05) is 45.9 Å².